The number of benzene rings is 1. The monoisotopic (exact) mass is 242 g/mol. The van der Waals surface area contributed by atoms with Crippen LogP contribution in [0.3, 0.4) is 0 Å². The highest BCUT2D eigenvalue weighted by Crippen LogP contribution is 2.20. The molecule has 0 aliphatic heterocycles. The number of hydrogen-bond donors (Lipinski definition) is 1. The Balaban J connectivity index is 2.18. The maximum absolute atomic E-state index is 5.09. The fourth-order valence-corrected chi connectivity index (χ4v) is 1.93. The Bertz CT molecular complexity index is 405. The first-order valence-corrected chi connectivity index (χ1v) is 6.09. The Hall–Kier alpha value is -1.71. The summed E-state index contributed by atoms with van der Waals surface area (Å²) >= 11 is 0. The van der Waals surface area contributed by atoms with Crippen LogP contribution >= 0.6 is 0 Å². The van der Waals surface area contributed by atoms with Crippen molar-refractivity contribution in [2.75, 3.05) is 20.3 Å². The number of rotatable bonds is 6. The van der Waals surface area contributed by atoms with Gasteiger partial charge in [0, 0.05) is 26.0 Å². The fourth-order valence-electron chi connectivity index (χ4n) is 1.93. The molecule has 0 aliphatic carbocycles. The molecule has 94 valence electrons. The normalized spacial score (nSPS) is 12.3. The number of nitrogens with zero attached hydrogens (tertiary/aromatic N) is 1. The van der Waals surface area contributed by atoms with Crippen molar-refractivity contribution in [1.29, 1.82) is 0 Å². The fraction of sp³-hybridized carbons (Fsp3) is 0.267. The van der Waals surface area contributed by atoms with Crippen LogP contribution in [0.15, 0.2) is 54.9 Å². The van der Waals surface area contributed by atoms with Crippen molar-refractivity contribution in [1.82, 2.24) is 10.3 Å². The lowest BCUT2D eigenvalue weighted by molar-refractivity contribution is 0.197. The molecule has 3 nitrogen and oxygen atoms in total. The Morgan fingerprint density at radius 3 is 2.39 bits per heavy atom. The quantitative estimate of drug-likeness (QED) is 0.790. The third-order valence-corrected chi connectivity index (χ3v) is 2.83. The van der Waals surface area contributed by atoms with E-state index in [1.807, 2.05) is 30.6 Å². The van der Waals surface area contributed by atoms with E-state index in [9.17, 15) is 0 Å². The van der Waals surface area contributed by atoms with E-state index >= 15 is 0 Å². The zero-order valence-corrected chi connectivity index (χ0v) is 10.5. The second-order valence-corrected chi connectivity index (χ2v) is 4.07. The number of hydrogen-bond acceptors (Lipinski definition) is 3. The molecule has 0 saturated heterocycles. The van der Waals surface area contributed by atoms with Gasteiger partial charge in [-0.3, -0.25) is 4.98 Å². The number of methoxy groups -OCH3 is 1. The van der Waals surface area contributed by atoms with Gasteiger partial charge in [0.25, 0.3) is 0 Å². The molecule has 0 aliphatic rings. The van der Waals surface area contributed by atoms with Crippen LogP contribution in [0, 0.1) is 0 Å². The van der Waals surface area contributed by atoms with Crippen LogP contribution in [0.1, 0.15) is 17.2 Å². The summed E-state index contributed by atoms with van der Waals surface area (Å²) in [6.07, 6.45) is 3.65. The van der Waals surface area contributed by atoms with Gasteiger partial charge in [0.2, 0.25) is 0 Å². The summed E-state index contributed by atoms with van der Waals surface area (Å²) in [6.45, 7) is 1.52. The van der Waals surface area contributed by atoms with E-state index in [1.54, 1.807) is 7.11 Å². The van der Waals surface area contributed by atoms with Crippen molar-refractivity contribution in [2.24, 2.45) is 0 Å². The predicted molar refractivity (Wildman–Crippen MR) is 72.4 cm³/mol. The van der Waals surface area contributed by atoms with E-state index in [2.05, 4.69) is 34.6 Å². The van der Waals surface area contributed by atoms with Gasteiger partial charge in [0.15, 0.2) is 0 Å². The van der Waals surface area contributed by atoms with Crippen LogP contribution in [-0.4, -0.2) is 25.2 Å². The summed E-state index contributed by atoms with van der Waals surface area (Å²) in [5.74, 6) is 0. The summed E-state index contributed by atoms with van der Waals surface area (Å²) in [6, 6.07) is 14.7. The molecule has 0 spiro atoms. The van der Waals surface area contributed by atoms with Crippen LogP contribution in [-0.2, 0) is 4.74 Å². The lowest BCUT2D eigenvalue weighted by atomic mass is 10.00. The first-order chi connectivity index (χ1) is 8.92. The molecular formula is C15H18N2O. The van der Waals surface area contributed by atoms with Gasteiger partial charge in [-0.25, -0.2) is 0 Å². The second-order valence-electron chi connectivity index (χ2n) is 4.07. The molecule has 0 amide bonds. The third kappa shape index (κ3) is 3.39. The molecule has 2 rings (SSSR count). The maximum Gasteiger partial charge on any atom is 0.0587 e. The standard InChI is InChI=1S/C15H18N2O/c1-18-12-11-17-15(13-5-3-2-4-6-13)14-7-9-16-10-8-14/h2-10,15,17H,11-12H2,1H3. The molecule has 1 atom stereocenters. The van der Waals surface area contributed by atoms with E-state index < -0.39 is 0 Å². The lowest BCUT2D eigenvalue weighted by Gasteiger charge is -2.19. The summed E-state index contributed by atoms with van der Waals surface area (Å²) in [4.78, 5) is 4.07. The van der Waals surface area contributed by atoms with Gasteiger partial charge in [-0.05, 0) is 23.3 Å². The third-order valence-electron chi connectivity index (χ3n) is 2.83. The van der Waals surface area contributed by atoms with Crippen molar-refractivity contribution >= 4 is 0 Å². The average Bonchev–Trinajstić information content (AvgIpc) is 2.46. The van der Waals surface area contributed by atoms with Crippen LogP contribution in [0.2, 0.25) is 0 Å². The SMILES string of the molecule is COCCNC(c1ccccc1)c1ccncc1. The Morgan fingerprint density at radius 2 is 1.72 bits per heavy atom. The molecule has 2 aromatic rings. The predicted octanol–water partition coefficient (Wildman–Crippen LogP) is 2.41. The van der Waals surface area contributed by atoms with E-state index in [-0.39, 0.29) is 6.04 Å². The molecule has 1 N–H and O–H groups in total. The minimum atomic E-state index is 0.185. The van der Waals surface area contributed by atoms with Gasteiger partial charge < -0.3 is 10.1 Å². The summed E-state index contributed by atoms with van der Waals surface area (Å²) < 4.78 is 5.09. The smallest absolute Gasteiger partial charge is 0.0587 e. The summed E-state index contributed by atoms with van der Waals surface area (Å²) in [5.41, 5.74) is 2.46. The van der Waals surface area contributed by atoms with Crippen molar-refractivity contribution in [3.05, 3.63) is 66.0 Å². The van der Waals surface area contributed by atoms with Crippen molar-refractivity contribution < 1.29 is 4.74 Å². The Labute approximate surface area is 108 Å². The summed E-state index contributed by atoms with van der Waals surface area (Å²) in [5, 5.41) is 3.50. The average molecular weight is 242 g/mol. The second kappa shape index (κ2) is 6.89. The molecular weight excluding hydrogens is 224 g/mol. The van der Waals surface area contributed by atoms with Gasteiger partial charge in [-0.1, -0.05) is 30.3 Å². The topological polar surface area (TPSA) is 34.1 Å². The first-order valence-electron chi connectivity index (χ1n) is 6.09. The van der Waals surface area contributed by atoms with E-state index in [4.69, 9.17) is 4.74 Å². The maximum atomic E-state index is 5.09. The van der Waals surface area contributed by atoms with Crippen LogP contribution in [0.25, 0.3) is 0 Å². The number of ether oxygens (including phenoxy) is 1. The van der Waals surface area contributed by atoms with Gasteiger partial charge in [0.05, 0.1) is 12.6 Å². The Morgan fingerprint density at radius 1 is 1.06 bits per heavy atom. The number of nitrogens with one attached hydrogen (secondary N) is 1. The highest BCUT2D eigenvalue weighted by atomic mass is 16.5. The van der Waals surface area contributed by atoms with Gasteiger partial charge in [0.1, 0.15) is 0 Å². The minimum Gasteiger partial charge on any atom is -0.383 e. The van der Waals surface area contributed by atoms with E-state index in [0.29, 0.717) is 6.61 Å². The molecule has 1 aromatic heterocycles. The molecule has 0 bridgehead atoms. The molecule has 0 saturated carbocycles. The Kier molecular flexibility index (Phi) is 4.88. The van der Waals surface area contributed by atoms with Gasteiger partial charge in [-0.15, -0.1) is 0 Å². The van der Waals surface area contributed by atoms with Crippen molar-refractivity contribution in [2.45, 2.75) is 6.04 Å². The zero-order valence-electron chi connectivity index (χ0n) is 10.5. The molecule has 1 heterocycles. The van der Waals surface area contributed by atoms with E-state index in [1.165, 1.54) is 11.1 Å². The molecule has 18 heavy (non-hydrogen) atoms. The van der Waals surface area contributed by atoms with Crippen LogP contribution in [0.5, 0.6) is 0 Å². The van der Waals surface area contributed by atoms with Gasteiger partial charge in [-0.2, -0.15) is 0 Å². The lowest BCUT2D eigenvalue weighted by Crippen LogP contribution is -2.25. The van der Waals surface area contributed by atoms with Gasteiger partial charge >= 0.3 is 0 Å². The molecule has 3 heteroatoms. The van der Waals surface area contributed by atoms with Crippen molar-refractivity contribution in [3.8, 4) is 0 Å². The minimum absolute atomic E-state index is 0.185. The number of aromatic nitrogens is 1. The zero-order chi connectivity index (χ0) is 12.6. The molecule has 1 unspecified atom stereocenters. The highest BCUT2D eigenvalue weighted by Gasteiger charge is 2.12. The molecule has 1 aromatic carbocycles. The molecule has 0 fully saturated rings. The summed E-state index contributed by atoms with van der Waals surface area (Å²) in [7, 11) is 1.71. The van der Waals surface area contributed by atoms with Crippen molar-refractivity contribution in [3.63, 3.8) is 0 Å². The van der Waals surface area contributed by atoms with E-state index in [0.717, 1.165) is 6.54 Å². The number of pyridine rings is 1. The van der Waals surface area contributed by atoms with Crippen LogP contribution < -0.4 is 5.32 Å². The largest absolute Gasteiger partial charge is 0.383 e. The highest BCUT2D eigenvalue weighted by molar-refractivity contribution is 5.30. The van der Waals surface area contributed by atoms with Crippen LogP contribution in [0.4, 0.5) is 0 Å². The molecule has 0 radical (unpaired) electrons. The first kappa shape index (κ1) is 12.7.